The molecule has 6 heteroatoms. The first kappa shape index (κ1) is 13.7. The zero-order valence-corrected chi connectivity index (χ0v) is 12.6. The van der Waals surface area contributed by atoms with Gasteiger partial charge in [0.25, 0.3) is 5.91 Å². The molecule has 19 heavy (non-hydrogen) atoms. The third-order valence-electron chi connectivity index (χ3n) is 2.69. The van der Waals surface area contributed by atoms with Crippen LogP contribution in [0.25, 0.3) is 0 Å². The zero-order chi connectivity index (χ0) is 14.0. The van der Waals surface area contributed by atoms with Gasteiger partial charge < -0.3 is 5.32 Å². The van der Waals surface area contributed by atoms with Crippen LogP contribution in [0.1, 0.15) is 41.8 Å². The van der Waals surface area contributed by atoms with Crippen LogP contribution in [0, 0.1) is 6.92 Å². The molecule has 0 radical (unpaired) electrons. The first-order valence-electron chi connectivity index (χ1n) is 5.97. The minimum Gasteiger partial charge on any atom is -0.319 e. The third kappa shape index (κ3) is 3.20. The average Bonchev–Trinajstić information content (AvgIpc) is 2.82. The molecule has 0 bridgehead atoms. The Morgan fingerprint density at radius 1 is 1.42 bits per heavy atom. The summed E-state index contributed by atoms with van der Waals surface area (Å²) in [7, 11) is 0. The highest BCUT2D eigenvalue weighted by Crippen LogP contribution is 2.20. The Morgan fingerprint density at radius 2 is 2.16 bits per heavy atom. The van der Waals surface area contributed by atoms with E-state index in [2.05, 4.69) is 36.4 Å². The van der Waals surface area contributed by atoms with E-state index < -0.39 is 0 Å². The Hall–Kier alpha value is -1.69. The lowest BCUT2D eigenvalue weighted by molar-refractivity contribution is 0.101. The fourth-order valence-electron chi connectivity index (χ4n) is 1.58. The Bertz CT molecular complexity index is 606. The van der Waals surface area contributed by atoms with Crippen molar-refractivity contribution in [3.05, 3.63) is 39.9 Å². The van der Waals surface area contributed by atoms with Crippen LogP contribution in [0.15, 0.2) is 22.7 Å². The fourth-order valence-corrected chi connectivity index (χ4v) is 2.06. The van der Waals surface area contributed by atoms with Gasteiger partial charge in [0.1, 0.15) is 5.82 Å². The molecule has 0 fully saturated rings. The van der Waals surface area contributed by atoms with E-state index in [1.807, 2.05) is 39.0 Å². The molecule has 1 aromatic heterocycles. The molecule has 2 rings (SSSR count). The molecule has 0 unspecified atom stereocenters. The van der Waals surface area contributed by atoms with Gasteiger partial charge in [-0.25, -0.2) is 4.98 Å². The van der Waals surface area contributed by atoms with Crippen LogP contribution in [0.3, 0.4) is 0 Å². The second kappa shape index (κ2) is 5.52. The van der Waals surface area contributed by atoms with E-state index in [-0.39, 0.29) is 17.6 Å². The van der Waals surface area contributed by atoms with Crippen LogP contribution in [0.5, 0.6) is 0 Å². The van der Waals surface area contributed by atoms with Gasteiger partial charge in [-0.1, -0.05) is 29.8 Å². The Labute approximate surface area is 120 Å². The second-order valence-corrected chi connectivity index (χ2v) is 5.53. The maximum absolute atomic E-state index is 12.0. The van der Waals surface area contributed by atoms with E-state index in [0.29, 0.717) is 5.82 Å². The smallest absolute Gasteiger partial charge is 0.295 e. The number of nitrogens with zero attached hydrogens (tertiary/aromatic N) is 2. The Balaban J connectivity index is 2.16. The quantitative estimate of drug-likeness (QED) is 0.911. The number of anilines is 1. The zero-order valence-electron chi connectivity index (χ0n) is 11.0. The summed E-state index contributed by atoms with van der Waals surface area (Å²) in [6.45, 7) is 5.90. The normalized spacial score (nSPS) is 10.8. The van der Waals surface area contributed by atoms with E-state index in [4.69, 9.17) is 0 Å². The van der Waals surface area contributed by atoms with Gasteiger partial charge in [0.2, 0.25) is 5.82 Å². The van der Waals surface area contributed by atoms with Gasteiger partial charge in [0.15, 0.2) is 0 Å². The molecule has 1 amide bonds. The molecule has 1 heterocycles. The van der Waals surface area contributed by atoms with Crippen LogP contribution < -0.4 is 5.32 Å². The van der Waals surface area contributed by atoms with Gasteiger partial charge in [-0.05, 0) is 30.7 Å². The summed E-state index contributed by atoms with van der Waals surface area (Å²) in [6.07, 6.45) is 0. The number of aromatic amines is 1. The number of hydrogen-bond donors (Lipinski definition) is 2. The number of halogens is 1. The second-order valence-electron chi connectivity index (χ2n) is 4.61. The van der Waals surface area contributed by atoms with Gasteiger partial charge in [-0.15, -0.1) is 5.10 Å². The highest BCUT2D eigenvalue weighted by Gasteiger charge is 2.14. The van der Waals surface area contributed by atoms with Crippen molar-refractivity contribution in [1.29, 1.82) is 0 Å². The van der Waals surface area contributed by atoms with Gasteiger partial charge in [0.05, 0.1) is 0 Å². The fraction of sp³-hybridized carbons (Fsp3) is 0.308. The maximum atomic E-state index is 12.0. The molecule has 5 nitrogen and oxygen atoms in total. The molecule has 0 spiro atoms. The minimum atomic E-state index is -0.312. The first-order valence-corrected chi connectivity index (χ1v) is 6.76. The van der Waals surface area contributed by atoms with E-state index in [9.17, 15) is 4.79 Å². The first-order chi connectivity index (χ1) is 8.97. The van der Waals surface area contributed by atoms with Crippen LogP contribution >= 0.6 is 15.9 Å². The number of H-pyrrole nitrogens is 1. The monoisotopic (exact) mass is 322 g/mol. The average molecular weight is 323 g/mol. The molecule has 1 aromatic carbocycles. The summed E-state index contributed by atoms with van der Waals surface area (Å²) in [5, 5.41) is 9.49. The van der Waals surface area contributed by atoms with Gasteiger partial charge in [0, 0.05) is 16.1 Å². The SMILES string of the molecule is Cc1cc(Br)ccc1NC(=O)c1n[nH]c(C(C)C)n1. The summed E-state index contributed by atoms with van der Waals surface area (Å²) < 4.78 is 0.975. The van der Waals surface area contributed by atoms with Crippen LogP contribution in [0.2, 0.25) is 0 Å². The van der Waals surface area contributed by atoms with Crippen LogP contribution in [-0.4, -0.2) is 21.1 Å². The Morgan fingerprint density at radius 3 is 2.74 bits per heavy atom. The van der Waals surface area contributed by atoms with Crippen molar-refractivity contribution >= 4 is 27.5 Å². The summed E-state index contributed by atoms with van der Waals surface area (Å²) in [5.74, 6) is 0.765. The van der Waals surface area contributed by atoms with Crippen molar-refractivity contribution in [3.8, 4) is 0 Å². The van der Waals surface area contributed by atoms with Gasteiger partial charge in [-0.3, -0.25) is 9.89 Å². The highest BCUT2D eigenvalue weighted by molar-refractivity contribution is 9.10. The number of aromatic nitrogens is 3. The van der Waals surface area contributed by atoms with E-state index in [1.54, 1.807) is 0 Å². The number of benzene rings is 1. The number of aryl methyl sites for hydroxylation is 1. The number of amides is 1. The van der Waals surface area contributed by atoms with Crippen molar-refractivity contribution in [2.24, 2.45) is 0 Å². The number of hydrogen-bond acceptors (Lipinski definition) is 3. The molecule has 0 saturated carbocycles. The van der Waals surface area contributed by atoms with Crippen molar-refractivity contribution in [2.45, 2.75) is 26.7 Å². The lowest BCUT2D eigenvalue weighted by atomic mass is 10.2. The van der Waals surface area contributed by atoms with Gasteiger partial charge >= 0.3 is 0 Å². The summed E-state index contributed by atoms with van der Waals surface area (Å²) in [4.78, 5) is 16.2. The molecule has 0 saturated heterocycles. The van der Waals surface area contributed by atoms with Crippen molar-refractivity contribution < 1.29 is 4.79 Å². The van der Waals surface area contributed by atoms with Crippen molar-refractivity contribution in [1.82, 2.24) is 15.2 Å². The predicted molar refractivity (Wildman–Crippen MR) is 77.3 cm³/mol. The van der Waals surface area contributed by atoms with Gasteiger partial charge in [-0.2, -0.15) is 0 Å². The van der Waals surface area contributed by atoms with Crippen LogP contribution in [-0.2, 0) is 0 Å². The minimum absolute atomic E-state index is 0.158. The molecule has 0 atom stereocenters. The van der Waals surface area contributed by atoms with Crippen molar-refractivity contribution in [2.75, 3.05) is 5.32 Å². The standard InChI is InChI=1S/C13H15BrN4O/c1-7(2)11-16-12(18-17-11)13(19)15-10-5-4-9(14)6-8(10)3/h4-7H,1-3H3,(H,15,19)(H,16,17,18). The number of rotatable bonds is 3. The third-order valence-corrected chi connectivity index (χ3v) is 3.18. The topological polar surface area (TPSA) is 70.7 Å². The van der Waals surface area contributed by atoms with E-state index in [0.717, 1.165) is 15.7 Å². The molecular weight excluding hydrogens is 308 g/mol. The molecule has 100 valence electrons. The number of carbonyl (C=O) groups is 1. The lowest BCUT2D eigenvalue weighted by Crippen LogP contribution is -2.14. The number of carbonyl (C=O) groups excluding carboxylic acids is 1. The van der Waals surface area contributed by atoms with Crippen LogP contribution in [0.4, 0.5) is 5.69 Å². The van der Waals surface area contributed by atoms with E-state index in [1.165, 1.54) is 0 Å². The largest absolute Gasteiger partial charge is 0.319 e. The summed E-state index contributed by atoms with van der Waals surface area (Å²) >= 11 is 3.38. The predicted octanol–water partition coefficient (Wildman–Crippen LogP) is 3.25. The molecule has 2 N–H and O–H groups in total. The summed E-state index contributed by atoms with van der Waals surface area (Å²) in [5.41, 5.74) is 1.73. The highest BCUT2D eigenvalue weighted by atomic mass is 79.9. The molecule has 0 aliphatic carbocycles. The van der Waals surface area contributed by atoms with E-state index >= 15 is 0 Å². The molecular formula is C13H15BrN4O. The molecule has 0 aliphatic rings. The maximum Gasteiger partial charge on any atom is 0.295 e. The van der Waals surface area contributed by atoms with Crippen molar-refractivity contribution in [3.63, 3.8) is 0 Å². The Kier molecular flexibility index (Phi) is 3.99. The molecule has 2 aromatic rings. The number of nitrogens with one attached hydrogen (secondary N) is 2. The molecule has 0 aliphatic heterocycles. The summed E-state index contributed by atoms with van der Waals surface area (Å²) in [6, 6.07) is 5.65. The lowest BCUT2D eigenvalue weighted by Gasteiger charge is -2.06.